The Hall–Kier alpha value is -1.42. The number of nitro groups is 1. The molecule has 0 aromatic heterocycles. The fraction of sp³-hybridized carbons (Fsp3) is 0.538. The van der Waals surface area contributed by atoms with E-state index in [4.69, 9.17) is 0 Å². The third-order valence-electron chi connectivity index (χ3n) is 3.39. The smallest absolute Gasteiger partial charge is 0.238 e. The van der Waals surface area contributed by atoms with E-state index in [0.29, 0.717) is 12.5 Å². The molecule has 2 rings (SSSR count). The zero-order valence-electron chi connectivity index (χ0n) is 9.84. The van der Waals surface area contributed by atoms with Crippen molar-refractivity contribution in [3.63, 3.8) is 0 Å². The van der Waals surface area contributed by atoms with Crippen LogP contribution < -0.4 is 5.32 Å². The molecule has 1 aromatic rings. The summed E-state index contributed by atoms with van der Waals surface area (Å²) < 4.78 is 0. The van der Waals surface area contributed by atoms with Gasteiger partial charge in [0.15, 0.2) is 0 Å². The van der Waals surface area contributed by atoms with Crippen molar-refractivity contribution in [3.8, 4) is 0 Å². The van der Waals surface area contributed by atoms with Crippen LogP contribution in [0.1, 0.15) is 37.3 Å². The molecule has 4 nitrogen and oxygen atoms in total. The summed E-state index contributed by atoms with van der Waals surface area (Å²) in [5.74, 6) is 0. The average Bonchev–Trinajstić information content (AvgIpc) is 2.83. The Bertz CT molecular complexity index is 361. The summed E-state index contributed by atoms with van der Waals surface area (Å²) in [6.45, 7) is 1.05. The monoisotopic (exact) mass is 234 g/mol. The van der Waals surface area contributed by atoms with Gasteiger partial charge in [0, 0.05) is 22.9 Å². The summed E-state index contributed by atoms with van der Waals surface area (Å²) >= 11 is 0. The predicted molar refractivity (Wildman–Crippen MR) is 66.4 cm³/mol. The maximum Gasteiger partial charge on any atom is 0.238 e. The lowest BCUT2D eigenvalue weighted by molar-refractivity contribution is -0.530. The van der Waals surface area contributed by atoms with Crippen LogP contribution in [0.2, 0.25) is 0 Å². The standard InChI is InChI=1S/C13H18N2O2/c16-15(17)13(11-5-2-1-3-6-11)9-8-12-7-4-10-14-12/h1-3,5-6,12-14H,4,7-10H2. The molecule has 0 saturated carbocycles. The van der Waals surface area contributed by atoms with Crippen molar-refractivity contribution < 1.29 is 4.92 Å². The molecule has 92 valence electrons. The summed E-state index contributed by atoms with van der Waals surface area (Å²) in [7, 11) is 0. The Morgan fingerprint density at radius 2 is 2.18 bits per heavy atom. The maximum absolute atomic E-state index is 11.1. The third kappa shape index (κ3) is 3.27. The summed E-state index contributed by atoms with van der Waals surface area (Å²) in [6.07, 6.45) is 3.85. The lowest BCUT2D eigenvalue weighted by atomic mass is 9.99. The fourth-order valence-corrected chi connectivity index (χ4v) is 2.43. The summed E-state index contributed by atoms with van der Waals surface area (Å²) in [5.41, 5.74) is 0.815. The molecule has 0 radical (unpaired) electrons. The van der Waals surface area contributed by atoms with E-state index in [1.165, 1.54) is 6.42 Å². The van der Waals surface area contributed by atoms with Crippen molar-refractivity contribution in [2.75, 3.05) is 6.54 Å². The minimum absolute atomic E-state index is 0.162. The van der Waals surface area contributed by atoms with Crippen LogP contribution in [-0.4, -0.2) is 17.5 Å². The van der Waals surface area contributed by atoms with E-state index < -0.39 is 6.04 Å². The molecular weight excluding hydrogens is 216 g/mol. The average molecular weight is 234 g/mol. The van der Waals surface area contributed by atoms with E-state index in [1.54, 1.807) is 0 Å². The van der Waals surface area contributed by atoms with Gasteiger partial charge in [0.1, 0.15) is 0 Å². The molecule has 1 aliphatic rings. The largest absolute Gasteiger partial charge is 0.314 e. The van der Waals surface area contributed by atoms with Crippen molar-refractivity contribution in [1.29, 1.82) is 0 Å². The Balaban J connectivity index is 1.95. The van der Waals surface area contributed by atoms with E-state index >= 15 is 0 Å². The van der Waals surface area contributed by atoms with Crippen molar-refractivity contribution in [2.45, 2.75) is 37.8 Å². The van der Waals surface area contributed by atoms with Gasteiger partial charge in [-0.1, -0.05) is 30.3 Å². The number of nitrogens with zero attached hydrogens (tertiary/aromatic N) is 1. The summed E-state index contributed by atoms with van der Waals surface area (Å²) in [4.78, 5) is 10.9. The van der Waals surface area contributed by atoms with Gasteiger partial charge in [-0.15, -0.1) is 0 Å². The first-order valence-electron chi connectivity index (χ1n) is 6.19. The highest BCUT2D eigenvalue weighted by Crippen LogP contribution is 2.24. The second-order valence-corrected chi connectivity index (χ2v) is 4.58. The third-order valence-corrected chi connectivity index (χ3v) is 3.39. The van der Waals surface area contributed by atoms with Gasteiger partial charge in [0.05, 0.1) is 0 Å². The summed E-state index contributed by atoms with van der Waals surface area (Å²) in [5, 5.41) is 14.5. The van der Waals surface area contributed by atoms with Gasteiger partial charge >= 0.3 is 0 Å². The van der Waals surface area contributed by atoms with Crippen LogP contribution in [0.3, 0.4) is 0 Å². The molecule has 0 aliphatic carbocycles. The van der Waals surface area contributed by atoms with Gasteiger partial charge in [-0.3, -0.25) is 10.1 Å². The van der Waals surface area contributed by atoms with Crippen LogP contribution in [0.4, 0.5) is 0 Å². The van der Waals surface area contributed by atoms with Crippen LogP contribution in [-0.2, 0) is 0 Å². The first kappa shape index (κ1) is 12.0. The molecule has 1 saturated heterocycles. The van der Waals surface area contributed by atoms with Gasteiger partial charge in [0.25, 0.3) is 0 Å². The first-order valence-corrected chi connectivity index (χ1v) is 6.19. The molecule has 0 bridgehead atoms. The molecule has 2 atom stereocenters. The fourth-order valence-electron chi connectivity index (χ4n) is 2.43. The lowest BCUT2D eigenvalue weighted by Gasteiger charge is -2.13. The maximum atomic E-state index is 11.1. The highest BCUT2D eigenvalue weighted by molar-refractivity contribution is 5.17. The molecule has 1 heterocycles. The van der Waals surface area contributed by atoms with Gasteiger partial charge in [-0.2, -0.15) is 0 Å². The second-order valence-electron chi connectivity index (χ2n) is 4.58. The Kier molecular flexibility index (Phi) is 4.09. The van der Waals surface area contributed by atoms with Crippen molar-refractivity contribution >= 4 is 0 Å². The van der Waals surface area contributed by atoms with Crippen LogP contribution in [0.25, 0.3) is 0 Å². The zero-order chi connectivity index (χ0) is 12.1. The minimum atomic E-state index is -0.557. The molecule has 4 heteroatoms. The molecule has 0 spiro atoms. The van der Waals surface area contributed by atoms with Crippen molar-refractivity contribution in [3.05, 3.63) is 46.0 Å². The van der Waals surface area contributed by atoms with E-state index in [0.717, 1.165) is 24.9 Å². The molecule has 0 amide bonds. The second kappa shape index (κ2) is 5.77. The highest BCUT2D eigenvalue weighted by Gasteiger charge is 2.24. The summed E-state index contributed by atoms with van der Waals surface area (Å²) in [6, 6.07) is 9.21. The van der Waals surface area contributed by atoms with Crippen LogP contribution in [0.5, 0.6) is 0 Å². The molecule has 1 aromatic carbocycles. The van der Waals surface area contributed by atoms with Crippen LogP contribution in [0.15, 0.2) is 30.3 Å². The van der Waals surface area contributed by atoms with Gasteiger partial charge in [-0.25, -0.2) is 0 Å². The minimum Gasteiger partial charge on any atom is -0.314 e. The topological polar surface area (TPSA) is 55.2 Å². The quantitative estimate of drug-likeness (QED) is 0.629. The lowest BCUT2D eigenvalue weighted by Crippen LogP contribution is -2.23. The van der Waals surface area contributed by atoms with Gasteiger partial charge in [0.2, 0.25) is 6.04 Å². The van der Waals surface area contributed by atoms with E-state index in [9.17, 15) is 10.1 Å². The molecule has 1 N–H and O–H groups in total. The number of hydrogen-bond donors (Lipinski definition) is 1. The Morgan fingerprint density at radius 1 is 1.41 bits per heavy atom. The van der Waals surface area contributed by atoms with Crippen LogP contribution >= 0.6 is 0 Å². The molecule has 2 unspecified atom stereocenters. The van der Waals surface area contributed by atoms with E-state index in [2.05, 4.69) is 5.32 Å². The van der Waals surface area contributed by atoms with Gasteiger partial charge in [-0.05, 0) is 25.8 Å². The van der Waals surface area contributed by atoms with Crippen LogP contribution in [0, 0.1) is 10.1 Å². The normalized spacial score (nSPS) is 21.3. The molecular formula is C13H18N2O2. The number of rotatable bonds is 5. The number of nitrogens with one attached hydrogen (secondary N) is 1. The zero-order valence-corrected chi connectivity index (χ0v) is 9.84. The predicted octanol–water partition coefficient (Wildman–Crippen LogP) is 2.54. The SMILES string of the molecule is O=[N+]([O-])C(CCC1CCCN1)c1ccccc1. The van der Waals surface area contributed by atoms with E-state index in [1.807, 2.05) is 30.3 Å². The number of hydrogen-bond acceptors (Lipinski definition) is 3. The van der Waals surface area contributed by atoms with Crippen molar-refractivity contribution in [1.82, 2.24) is 5.32 Å². The molecule has 1 fully saturated rings. The first-order chi connectivity index (χ1) is 8.27. The Labute approximate surface area is 101 Å². The highest BCUT2D eigenvalue weighted by atomic mass is 16.6. The number of benzene rings is 1. The molecule has 17 heavy (non-hydrogen) atoms. The van der Waals surface area contributed by atoms with E-state index in [-0.39, 0.29) is 4.92 Å². The van der Waals surface area contributed by atoms with Gasteiger partial charge < -0.3 is 5.32 Å². The Morgan fingerprint density at radius 3 is 2.76 bits per heavy atom. The van der Waals surface area contributed by atoms with Crippen molar-refractivity contribution in [2.24, 2.45) is 0 Å². The molecule has 1 aliphatic heterocycles.